The van der Waals surface area contributed by atoms with Gasteiger partial charge in [-0.2, -0.15) is 0 Å². The van der Waals surface area contributed by atoms with E-state index in [1.807, 2.05) is 6.07 Å². The molecule has 11 atom stereocenters. The highest BCUT2D eigenvalue weighted by molar-refractivity contribution is 5.94. The van der Waals surface area contributed by atoms with E-state index in [1.54, 1.807) is 70.2 Å². The summed E-state index contributed by atoms with van der Waals surface area (Å²) in [6.45, 7) is 9.21. The van der Waals surface area contributed by atoms with Crippen molar-refractivity contribution in [1.82, 2.24) is 0 Å². The van der Waals surface area contributed by atoms with Gasteiger partial charge in [0.1, 0.15) is 29.5 Å². The van der Waals surface area contributed by atoms with Gasteiger partial charge in [0.15, 0.2) is 11.9 Å². The lowest BCUT2D eigenvalue weighted by atomic mass is 9.41. The number of ether oxygens (including phenoxy) is 3. The zero-order valence-electron chi connectivity index (χ0n) is 29.9. The molecule has 4 aliphatic carbocycles. The zero-order chi connectivity index (χ0) is 37.3. The summed E-state index contributed by atoms with van der Waals surface area (Å²) >= 11 is 0. The van der Waals surface area contributed by atoms with Gasteiger partial charge in [-0.05, 0) is 62.0 Å². The van der Waals surface area contributed by atoms with Gasteiger partial charge in [0.2, 0.25) is 0 Å². The third-order valence-electron chi connectivity index (χ3n) is 12.8. The average molecular weight is 705 g/mol. The lowest BCUT2D eigenvalue weighted by Crippen LogP contribution is -2.78. The smallest absolute Gasteiger partial charge is 0.338 e. The molecule has 0 aliphatic heterocycles. The second-order valence-electron chi connectivity index (χ2n) is 15.7. The normalized spacial score (nSPS) is 36.5. The summed E-state index contributed by atoms with van der Waals surface area (Å²) in [6.07, 6.45) is -7.24. The van der Waals surface area contributed by atoms with Crippen molar-refractivity contribution in [2.45, 2.75) is 115 Å². The van der Waals surface area contributed by atoms with Gasteiger partial charge in [0, 0.05) is 30.6 Å². The van der Waals surface area contributed by atoms with Crippen LogP contribution in [-0.4, -0.2) is 85.8 Å². The maximum Gasteiger partial charge on any atom is 0.338 e. The van der Waals surface area contributed by atoms with Gasteiger partial charge in [0.05, 0.1) is 23.0 Å². The number of Topliss-reactive ketones (excluding diaryl/α,β-unsaturated/α-hetero) is 1. The number of hydrogen-bond donors (Lipinski definition) is 4. The first-order valence-electron chi connectivity index (χ1n) is 17.6. The molecule has 0 aromatic heterocycles. The fourth-order valence-corrected chi connectivity index (χ4v) is 9.67. The standard InChI is InChI=1S/C40H48O11/c1-21(24-13-9-7-10-14-24)30(43)36(47)49-27-20-40(48)34(50-35(46)25-15-11-8-12-16-25)32-38(6,33(45)31(44)29(22(27)2)37(40,4)5)28(42)19-26-17-18-39(26,32)51-23(3)41/h7-16,21,26-28,30-32,34,42-44,48H,17-20H2,1-6H3/t21-,26?,27-,28-,30+,31+,32-,34-,38+,39-,40-/m0/s1. The molecule has 6 rings (SSSR count). The first kappa shape index (κ1) is 36.9. The van der Waals surface area contributed by atoms with E-state index in [1.165, 1.54) is 26.0 Å². The highest BCUT2D eigenvalue weighted by Gasteiger charge is 2.77. The summed E-state index contributed by atoms with van der Waals surface area (Å²) in [6, 6.07) is 17.0. The van der Waals surface area contributed by atoms with Crippen molar-refractivity contribution in [2.75, 3.05) is 0 Å². The Labute approximate surface area is 297 Å². The third-order valence-corrected chi connectivity index (χ3v) is 12.8. The van der Waals surface area contributed by atoms with Crippen molar-refractivity contribution in [3.63, 3.8) is 0 Å². The molecule has 3 fully saturated rings. The Bertz CT molecular complexity index is 1740. The number of esters is 3. The van der Waals surface area contributed by atoms with Crippen molar-refractivity contribution < 1.29 is 53.8 Å². The molecule has 11 nitrogen and oxygen atoms in total. The number of fused-ring (bicyclic) bond motifs is 5. The minimum Gasteiger partial charge on any atom is -0.458 e. The minimum absolute atomic E-state index is 0.0505. The molecule has 0 saturated heterocycles. The summed E-state index contributed by atoms with van der Waals surface area (Å²) in [4.78, 5) is 55.3. The topological polar surface area (TPSA) is 177 Å². The van der Waals surface area contributed by atoms with Crippen molar-refractivity contribution in [1.29, 1.82) is 0 Å². The lowest BCUT2D eigenvalue weighted by molar-refractivity contribution is -0.296. The molecule has 0 spiro atoms. The SMILES string of the molecule is CC(=O)O[C@@]12CCC1C[C@H](O)[C@@]1(C)C(=O)[C@H](O)C3=C(C)[C@@H](OC(=O)[C@H](O)[C@@H](C)c4ccccc4)C[C@](O)([C@@H](OC(=O)c4ccccc4)[C@@H]12)C3(C)C. The van der Waals surface area contributed by atoms with Gasteiger partial charge < -0.3 is 34.6 Å². The molecule has 0 heterocycles. The van der Waals surface area contributed by atoms with Crippen LogP contribution in [0.1, 0.15) is 89.1 Å². The molecule has 0 radical (unpaired) electrons. The molecular weight excluding hydrogens is 656 g/mol. The molecule has 11 heteroatoms. The first-order valence-corrected chi connectivity index (χ1v) is 17.6. The lowest BCUT2D eigenvalue weighted by Gasteiger charge is -2.68. The van der Waals surface area contributed by atoms with Gasteiger partial charge in [-0.1, -0.05) is 69.3 Å². The number of carbonyl (C=O) groups excluding carboxylic acids is 4. The van der Waals surface area contributed by atoms with Gasteiger partial charge in [-0.3, -0.25) is 9.59 Å². The van der Waals surface area contributed by atoms with Crippen LogP contribution in [0.4, 0.5) is 0 Å². The van der Waals surface area contributed by atoms with Crippen molar-refractivity contribution >= 4 is 23.7 Å². The van der Waals surface area contributed by atoms with Crippen LogP contribution in [0.15, 0.2) is 71.8 Å². The Kier molecular flexibility index (Phi) is 9.36. The van der Waals surface area contributed by atoms with Crippen LogP contribution in [0.25, 0.3) is 0 Å². The molecule has 1 unspecified atom stereocenters. The molecular formula is C40H48O11. The fraction of sp³-hybridized carbons (Fsp3) is 0.550. The quantitative estimate of drug-likeness (QED) is 0.187. The number of carbonyl (C=O) groups is 4. The number of rotatable bonds is 7. The second-order valence-corrected chi connectivity index (χ2v) is 15.7. The van der Waals surface area contributed by atoms with Gasteiger partial charge in [-0.25, -0.2) is 9.59 Å². The molecule has 0 amide bonds. The van der Waals surface area contributed by atoms with E-state index in [0.717, 1.165) is 0 Å². The third kappa shape index (κ3) is 5.55. The number of aliphatic hydroxyl groups excluding tert-OH is 3. The summed E-state index contributed by atoms with van der Waals surface area (Å²) in [7, 11) is 0. The van der Waals surface area contributed by atoms with E-state index in [-0.39, 0.29) is 36.0 Å². The molecule has 51 heavy (non-hydrogen) atoms. The van der Waals surface area contributed by atoms with Crippen LogP contribution in [-0.2, 0) is 28.6 Å². The van der Waals surface area contributed by atoms with E-state index in [2.05, 4.69) is 0 Å². The van der Waals surface area contributed by atoms with Gasteiger partial charge in [-0.15, -0.1) is 0 Å². The van der Waals surface area contributed by atoms with Crippen LogP contribution < -0.4 is 0 Å². The van der Waals surface area contributed by atoms with Crippen molar-refractivity contribution in [2.24, 2.45) is 22.7 Å². The van der Waals surface area contributed by atoms with E-state index >= 15 is 0 Å². The Morgan fingerprint density at radius 2 is 1.55 bits per heavy atom. The molecule has 4 aliphatic rings. The van der Waals surface area contributed by atoms with E-state index in [4.69, 9.17) is 14.2 Å². The number of hydrogen-bond acceptors (Lipinski definition) is 11. The highest BCUT2D eigenvalue weighted by Crippen LogP contribution is 2.67. The molecule has 4 N–H and O–H groups in total. The van der Waals surface area contributed by atoms with Crippen LogP contribution in [0.5, 0.6) is 0 Å². The molecule has 274 valence electrons. The van der Waals surface area contributed by atoms with E-state index in [9.17, 15) is 39.6 Å². The van der Waals surface area contributed by atoms with Gasteiger partial charge in [0.25, 0.3) is 0 Å². The number of aliphatic hydroxyl groups is 4. The Morgan fingerprint density at radius 3 is 2.12 bits per heavy atom. The zero-order valence-corrected chi connectivity index (χ0v) is 29.9. The fourth-order valence-electron chi connectivity index (χ4n) is 9.67. The average Bonchev–Trinajstić information content (AvgIpc) is 3.09. The molecule has 3 saturated carbocycles. The number of benzene rings is 2. The summed E-state index contributed by atoms with van der Waals surface area (Å²) in [5, 5.41) is 48.4. The van der Waals surface area contributed by atoms with Crippen LogP contribution in [0.3, 0.4) is 0 Å². The maximum atomic E-state index is 14.8. The van der Waals surface area contributed by atoms with Crippen LogP contribution in [0, 0.1) is 22.7 Å². The first-order chi connectivity index (χ1) is 23.9. The Balaban J connectivity index is 1.53. The summed E-state index contributed by atoms with van der Waals surface area (Å²) < 4.78 is 18.4. The maximum absolute atomic E-state index is 14.8. The summed E-state index contributed by atoms with van der Waals surface area (Å²) in [5.74, 6) is -5.68. The highest BCUT2D eigenvalue weighted by atomic mass is 16.6. The monoisotopic (exact) mass is 704 g/mol. The van der Waals surface area contributed by atoms with Crippen LogP contribution in [0.2, 0.25) is 0 Å². The second kappa shape index (κ2) is 12.9. The predicted octanol–water partition coefficient (Wildman–Crippen LogP) is 3.81. The molecule has 2 aromatic carbocycles. The van der Waals surface area contributed by atoms with E-state index in [0.29, 0.717) is 12.0 Å². The Hall–Kier alpha value is -3.90. The van der Waals surface area contributed by atoms with Crippen LogP contribution >= 0.6 is 0 Å². The Morgan fingerprint density at radius 1 is 0.941 bits per heavy atom. The molecule has 2 bridgehead atoms. The van der Waals surface area contributed by atoms with Crippen molar-refractivity contribution in [3.8, 4) is 0 Å². The predicted molar refractivity (Wildman–Crippen MR) is 183 cm³/mol. The van der Waals surface area contributed by atoms with Crippen molar-refractivity contribution in [3.05, 3.63) is 82.9 Å². The summed E-state index contributed by atoms with van der Waals surface area (Å²) in [5.41, 5.74) is -5.82. The largest absolute Gasteiger partial charge is 0.458 e. The van der Waals surface area contributed by atoms with E-state index < -0.39 is 94.0 Å². The number of ketones is 1. The van der Waals surface area contributed by atoms with Gasteiger partial charge >= 0.3 is 17.9 Å². The minimum atomic E-state index is -2.19. The molecule has 2 aromatic rings.